The standard InChI is InChI=1S/C11H11F2NO/c1-8-6-9(7-14)2-3-10(8)15-5-4-11(12)13/h2-3,6,11H,4-5H2,1H3. The fraction of sp³-hybridized carbons (Fsp3) is 0.364. The largest absolute Gasteiger partial charge is 0.493 e. The topological polar surface area (TPSA) is 33.0 Å². The van der Waals surface area contributed by atoms with E-state index >= 15 is 0 Å². The highest BCUT2D eigenvalue weighted by molar-refractivity contribution is 5.41. The molecule has 0 saturated heterocycles. The minimum absolute atomic E-state index is 0.00952. The Morgan fingerprint density at radius 1 is 1.47 bits per heavy atom. The van der Waals surface area contributed by atoms with Gasteiger partial charge in [-0.1, -0.05) is 0 Å². The van der Waals surface area contributed by atoms with Gasteiger partial charge in [-0.15, -0.1) is 0 Å². The summed E-state index contributed by atoms with van der Waals surface area (Å²) in [6.07, 6.45) is -2.62. The highest BCUT2D eigenvalue weighted by Gasteiger charge is 2.04. The summed E-state index contributed by atoms with van der Waals surface area (Å²) in [5.41, 5.74) is 1.32. The molecule has 0 amide bonds. The fourth-order valence-corrected chi connectivity index (χ4v) is 1.14. The number of hydrogen-bond donors (Lipinski definition) is 0. The third-order valence-corrected chi connectivity index (χ3v) is 1.90. The maximum atomic E-state index is 11.8. The van der Waals surface area contributed by atoms with Gasteiger partial charge in [-0.25, -0.2) is 8.78 Å². The Hall–Kier alpha value is -1.63. The second-order valence-electron chi connectivity index (χ2n) is 3.12. The highest BCUT2D eigenvalue weighted by Crippen LogP contribution is 2.19. The molecule has 0 radical (unpaired) electrons. The molecule has 4 heteroatoms. The van der Waals surface area contributed by atoms with Crippen LogP contribution >= 0.6 is 0 Å². The molecule has 0 aromatic heterocycles. The number of rotatable bonds is 4. The van der Waals surface area contributed by atoms with Gasteiger partial charge >= 0.3 is 0 Å². The van der Waals surface area contributed by atoms with Crippen molar-refractivity contribution in [3.63, 3.8) is 0 Å². The van der Waals surface area contributed by atoms with E-state index in [1.54, 1.807) is 25.1 Å². The van der Waals surface area contributed by atoms with E-state index in [-0.39, 0.29) is 13.0 Å². The molecule has 80 valence electrons. The van der Waals surface area contributed by atoms with Crippen LogP contribution in [0.15, 0.2) is 18.2 Å². The van der Waals surface area contributed by atoms with E-state index < -0.39 is 6.43 Å². The Labute approximate surface area is 87.1 Å². The monoisotopic (exact) mass is 211 g/mol. The van der Waals surface area contributed by atoms with Gasteiger partial charge in [0.1, 0.15) is 5.75 Å². The van der Waals surface area contributed by atoms with E-state index in [0.717, 1.165) is 5.56 Å². The van der Waals surface area contributed by atoms with E-state index in [1.165, 1.54) is 0 Å². The number of nitriles is 1. The maximum absolute atomic E-state index is 11.8. The zero-order valence-electron chi connectivity index (χ0n) is 8.34. The van der Waals surface area contributed by atoms with Crippen molar-refractivity contribution in [2.45, 2.75) is 19.8 Å². The van der Waals surface area contributed by atoms with Crippen molar-refractivity contribution in [2.75, 3.05) is 6.61 Å². The minimum atomic E-state index is -2.34. The van der Waals surface area contributed by atoms with E-state index in [1.807, 2.05) is 6.07 Å². The second kappa shape index (κ2) is 5.30. The van der Waals surface area contributed by atoms with Gasteiger partial charge in [0.05, 0.1) is 18.2 Å². The van der Waals surface area contributed by atoms with Gasteiger partial charge in [0.25, 0.3) is 0 Å². The first-order valence-electron chi connectivity index (χ1n) is 4.55. The normalized spacial score (nSPS) is 10.1. The summed E-state index contributed by atoms with van der Waals surface area (Å²) in [4.78, 5) is 0. The van der Waals surface area contributed by atoms with Crippen LogP contribution in [-0.2, 0) is 0 Å². The van der Waals surface area contributed by atoms with E-state index in [9.17, 15) is 8.78 Å². The lowest BCUT2D eigenvalue weighted by molar-refractivity contribution is 0.114. The van der Waals surface area contributed by atoms with Crippen LogP contribution in [0.25, 0.3) is 0 Å². The van der Waals surface area contributed by atoms with Crippen LogP contribution in [0.2, 0.25) is 0 Å². The van der Waals surface area contributed by atoms with Gasteiger partial charge in [0.2, 0.25) is 6.43 Å². The van der Waals surface area contributed by atoms with Gasteiger partial charge in [-0.05, 0) is 30.7 Å². The molecule has 0 atom stereocenters. The lowest BCUT2D eigenvalue weighted by Gasteiger charge is -2.08. The van der Waals surface area contributed by atoms with Crippen molar-refractivity contribution in [3.05, 3.63) is 29.3 Å². The zero-order chi connectivity index (χ0) is 11.3. The lowest BCUT2D eigenvalue weighted by Crippen LogP contribution is -2.03. The number of alkyl halides is 2. The molecular formula is C11H11F2NO. The Kier molecular flexibility index (Phi) is 4.04. The first-order chi connectivity index (χ1) is 7.13. The molecule has 0 N–H and O–H groups in total. The molecule has 0 unspecified atom stereocenters. The average Bonchev–Trinajstić information content (AvgIpc) is 2.20. The SMILES string of the molecule is Cc1cc(C#N)ccc1OCCC(F)F. The number of aryl methyl sites for hydroxylation is 1. The van der Waals surface area contributed by atoms with E-state index in [0.29, 0.717) is 11.3 Å². The summed E-state index contributed by atoms with van der Waals surface area (Å²) in [5, 5.41) is 8.61. The zero-order valence-corrected chi connectivity index (χ0v) is 8.34. The second-order valence-corrected chi connectivity index (χ2v) is 3.12. The number of ether oxygens (including phenoxy) is 1. The van der Waals surface area contributed by atoms with Crippen LogP contribution in [0, 0.1) is 18.3 Å². The first kappa shape index (κ1) is 11.4. The van der Waals surface area contributed by atoms with Gasteiger partial charge in [0, 0.05) is 6.42 Å². The Morgan fingerprint density at radius 3 is 2.73 bits per heavy atom. The summed E-state index contributed by atoms with van der Waals surface area (Å²) in [7, 11) is 0. The summed E-state index contributed by atoms with van der Waals surface area (Å²) >= 11 is 0. The molecule has 1 aromatic rings. The molecule has 0 saturated carbocycles. The number of benzene rings is 1. The molecule has 15 heavy (non-hydrogen) atoms. The van der Waals surface area contributed by atoms with Crippen LogP contribution in [0.1, 0.15) is 17.5 Å². The third kappa shape index (κ3) is 3.55. The van der Waals surface area contributed by atoms with Gasteiger partial charge in [-0.3, -0.25) is 0 Å². The van der Waals surface area contributed by atoms with Gasteiger partial charge in [-0.2, -0.15) is 5.26 Å². The Morgan fingerprint density at radius 2 is 2.20 bits per heavy atom. The van der Waals surface area contributed by atoms with Gasteiger partial charge < -0.3 is 4.74 Å². The van der Waals surface area contributed by atoms with Crippen LogP contribution in [0.5, 0.6) is 5.75 Å². The summed E-state index contributed by atoms with van der Waals surface area (Å²) in [6, 6.07) is 6.88. The molecule has 0 aliphatic rings. The quantitative estimate of drug-likeness (QED) is 0.767. The van der Waals surface area contributed by atoms with Crippen LogP contribution in [-0.4, -0.2) is 13.0 Å². The van der Waals surface area contributed by atoms with Crippen molar-refractivity contribution in [3.8, 4) is 11.8 Å². The van der Waals surface area contributed by atoms with Crippen LogP contribution in [0.3, 0.4) is 0 Å². The highest BCUT2D eigenvalue weighted by atomic mass is 19.3. The first-order valence-corrected chi connectivity index (χ1v) is 4.55. The number of hydrogen-bond acceptors (Lipinski definition) is 2. The fourth-order valence-electron chi connectivity index (χ4n) is 1.14. The molecule has 1 aromatic carbocycles. The molecular weight excluding hydrogens is 200 g/mol. The average molecular weight is 211 g/mol. The van der Waals surface area contributed by atoms with Gasteiger partial charge in [0.15, 0.2) is 0 Å². The lowest BCUT2D eigenvalue weighted by atomic mass is 10.1. The molecule has 0 aliphatic heterocycles. The molecule has 2 nitrogen and oxygen atoms in total. The predicted molar refractivity (Wildman–Crippen MR) is 52.0 cm³/mol. The van der Waals surface area contributed by atoms with Crippen LogP contribution < -0.4 is 4.74 Å². The van der Waals surface area contributed by atoms with Crippen molar-refractivity contribution >= 4 is 0 Å². The summed E-state index contributed by atoms with van der Waals surface area (Å²) in [6.45, 7) is 1.77. The number of halogens is 2. The van der Waals surface area contributed by atoms with Crippen molar-refractivity contribution in [2.24, 2.45) is 0 Å². The maximum Gasteiger partial charge on any atom is 0.241 e. The van der Waals surface area contributed by atoms with Crippen molar-refractivity contribution < 1.29 is 13.5 Å². The summed E-state index contributed by atoms with van der Waals surface area (Å²) < 4.78 is 28.8. The van der Waals surface area contributed by atoms with Crippen molar-refractivity contribution in [1.29, 1.82) is 5.26 Å². The van der Waals surface area contributed by atoms with E-state index in [2.05, 4.69) is 0 Å². The predicted octanol–water partition coefficient (Wildman–Crippen LogP) is 2.90. The third-order valence-electron chi connectivity index (χ3n) is 1.90. The van der Waals surface area contributed by atoms with E-state index in [4.69, 9.17) is 10.00 Å². The Bertz CT molecular complexity index is 371. The molecule has 0 spiro atoms. The minimum Gasteiger partial charge on any atom is -0.493 e. The molecule has 0 bridgehead atoms. The smallest absolute Gasteiger partial charge is 0.241 e. The van der Waals surface area contributed by atoms with Crippen molar-refractivity contribution in [1.82, 2.24) is 0 Å². The molecule has 1 rings (SSSR count). The summed E-state index contributed by atoms with van der Waals surface area (Å²) in [5.74, 6) is 0.551. The Balaban J connectivity index is 2.59. The molecule has 0 fully saturated rings. The molecule has 0 heterocycles. The number of nitrogens with zero attached hydrogens (tertiary/aromatic N) is 1. The van der Waals surface area contributed by atoms with Crippen LogP contribution in [0.4, 0.5) is 8.78 Å². The molecule has 0 aliphatic carbocycles.